The number of hydrogen-bond acceptors (Lipinski definition) is 4. The lowest BCUT2D eigenvalue weighted by molar-refractivity contribution is 0.0951. The van der Waals surface area contributed by atoms with Crippen LogP contribution in [0.25, 0.3) is 11.0 Å². The van der Waals surface area contributed by atoms with Gasteiger partial charge in [0.15, 0.2) is 0 Å². The van der Waals surface area contributed by atoms with Crippen LogP contribution in [0.2, 0.25) is 0 Å². The first kappa shape index (κ1) is 19.8. The van der Waals surface area contributed by atoms with Crippen LogP contribution in [0.5, 0.6) is 0 Å². The molecule has 0 fully saturated rings. The number of aromatic amines is 1. The van der Waals surface area contributed by atoms with Crippen molar-refractivity contribution in [2.45, 2.75) is 60.5 Å². The molecule has 2 N–H and O–H groups in total. The zero-order valence-electron chi connectivity index (χ0n) is 17.3. The Morgan fingerprint density at radius 1 is 1.29 bits per heavy atom. The fraction of sp³-hybridized carbons (Fsp3) is 0.429. The van der Waals surface area contributed by atoms with Crippen molar-refractivity contribution >= 4 is 16.9 Å². The van der Waals surface area contributed by atoms with Crippen LogP contribution in [0.1, 0.15) is 65.0 Å². The molecule has 0 unspecified atom stereocenters. The molecule has 7 heteroatoms. The van der Waals surface area contributed by atoms with Crippen LogP contribution in [0.15, 0.2) is 17.1 Å². The van der Waals surface area contributed by atoms with E-state index in [0.717, 1.165) is 34.4 Å². The van der Waals surface area contributed by atoms with E-state index in [4.69, 9.17) is 0 Å². The first-order valence-electron chi connectivity index (χ1n) is 9.56. The Morgan fingerprint density at radius 3 is 2.64 bits per heavy atom. The summed E-state index contributed by atoms with van der Waals surface area (Å²) >= 11 is 0. The molecule has 28 heavy (non-hydrogen) atoms. The number of carbonyl (C=O) groups excluding carboxylic acids is 1. The highest BCUT2D eigenvalue weighted by Gasteiger charge is 2.23. The summed E-state index contributed by atoms with van der Waals surface area (Å²) in [6.07, 6.45) is 2.63. The number of aryl methyl sites for hydroxylation is 3. The minimum Gasteiger partial charge on any atom is -0.348 e. The van der Waals surface area contributed by atoms with Gasteiger partial charge < -0.3 is 14.9 Å². The van der Waals surface area contributed by atoms with E-state index >= 15 is 0 Å². The highest BCUT2D eigenvalue weighted by Crippen LogP contribution is 2.28. The summed E-state index contributed by atoms with van der Waals surface area (Å²) in [5.74, 6) is 0.444. The van der Waals surface area contributed by atoms with Gasteiger partial charge >= 0.3 is 0 Å². The SMILES string of the molecule is CC[C@@H](C)n1c(C)c(C(=O)NCc2c(C)cc(C)[nH]c2=O)c2cnc(C)nc21. The third-order valence-electron chi connectivity index (χ3n) is 5.29. The summed E-state index contributed by atoms with van der Waals surface area (Å²) in [5, 5.41) is 3.64. The smallest absolute Gasteiger partial charge is 0.254 e. The molecule has 0 aromatic carbocycles. The second kappa shape index (κ2) is 7.58. The standard InChI is InChI=1S/C21H27N5O2/c1-7-13(4)26-14(5)18(17-10-22-15(6)25-19(17)26)21(28)23-9-16-11(2)8-12(3)24-20(16)27/h8,10,13H,7,9H2,1-6H3,(H,23,28)(H,24,27)/t13-/m1/s1. The topological polar surface area (TPSA) is 92.7 Å². The Morgan fingerprint density at radius 2 is 2.00 bits per heavy atom. The van der Waals surface area contributed by atoms with E-state index in [0.29, 0.717) is 17.0 Å². The summed E-state index contributed by atoms with van der Waals surface area (Å²) in [4.78, 5) is 36.9. The number of carbonyl (C=O) groups is 1. The lowest BCUT2D eigenvalue weighted by atomic mass is 10.1. The van der Waals surface area contributed by atoms with Crippen molar-refractivity contribution in [1.29, 1.82) is 0 Å². The predicted molar refractivity (Wildman–Crippen MR) is 110 cm³/mol. The number of rotatable bonds is 5. The molecule has 0 bridgehead atoms. The van der Waals surface area contributed by atoms with E-state index in [1.54, 1.807) is 6.20 Å². The maximum absolute atomic E-state index is 13.1. The number of hydrogen-bond donors (Lipinski definition) is 2. The monoisotopic (exact) mass is 381 g/mol. The summed E-state index contributed by atoms with van der Waals surface area (Å²) in [6.45, 7) is 11.9. The summed E-state index contributed by atoms with van der Waals surface area (Å²) in [5.41, 5.74) is 4.25. The number of pyridine rings is 1. The van der Waals surface area contributed by atoms with E-state index in [-0.39, 0.29) is 24.1 Å². The number of fused-ring (bicyclic) bond motifs is 1. The lowest BCUT2D eigenvalue weighted by Crippen LogP contribution is -2.28. The van der Waals surface area contributed by atoms with Gasteiger partial charge in [0.05, 0.1) is 10.9 Å². The number of H-pyrrole nitrogens is 1. The van der Waals surface area contributed by atoms with E-state index in [1.165, 1.54) is 0 Å². The quantitative estimate of drug-likeness (QED) is 0.709. The van der Waals surface area contributed by atoms with Crippen molar-refractivity contribution in [2.24, 2.45) is 0 Å². The molecule has 0 spiro atoms. The van der Waals surface area contributed by atoms with Crippen LogP contribution in [0.3, 0.4) is 0 Å². The normalized spacial score (nSPS) is 12.4. The number of nitrogens with zero attached hydrogens (tertiary/aromatic N) is 3. The Labute approximate surface area is 164 Å². The van der Waals surface area contributed by atoms with Crippen molar-refractivity contribution in [3.8, 4) is 0 Å². The average molecular weight is 381 g/mol. The van der Waals surface area contributed by atoms with E-state index in [9.17, 15) is 9.59 Å². The van der Waals surface area contributed by atoms with Gasteiger partial charge in [0.1, 0.15) is 11.5 Å². The summed E-state index contributed by atoms with van der Waals surface area (Å²) in [7, 11) is 0. The van der Waals surface area contributed by atoms with Crippen molar-refractivity contribution in [3.63, 3.8) is 0 Å². The third kappa shape index (κ3) is 3.44. The molecule has 3 aromatic rings. The van der Waals surface area contributed by atoms with Gasteiger partial charge in [0, 0.05) is 35.7 Å². The van der Waals surface area contributed by atoms with Gasteiger partial charge in [-0.25, -0.2) is 9.97 Å². The Balaban J connectivity index is 2.01. The van der Waals surface area contributed by atoms with Gasteiger partial charge in [-0.15, -0.1) is 0 Å². The van der Waals surface area contributed by atoms with Crippen LogP contribution in [0, 0.1) is 27.7 Å². The van der Waals surface area contributed by atoms with Crippen LogP contribution in [-0.2, 0) is 6.54 Å². The Bertz CT molecular complexity index is 1110. The van der Waals surface area contributed by atoms with Gasteiger partial charge in [-0.1, -0.05) is 6.92 Å². The minimum absolute atomic E-state index is 0.169. The molecule has 0 saturated heterocycles. The molecule has 0 saturated carbocycles. The summed E-state index contributed by atoms with van der Waals surface area (Å²) in [6, 6.07) is 2.11. The molecule has 3 rings (SSSR count). The van der Waals surface area contributed by atoms with Crippen molar-refractivity contribution < 1.29 is 4.79 Å². The van der Waals surface area contributed by atoms with Crippen molar-refractivity contribution in [2.75, 3.05) is 0 Å². The van der Waals surface area contributed by atoms with E-state index in [2.05, 4.69) is 38.7 Å². The Hall–Kier alpha value is -2.96. The highest BCUT2D eigenvalue weighted by atomic mass is 16.2. The molecule has 1 atom stereocenters. The van der Waals surface area contributed by atoms with Gasteiger partial charge in [-0.3, -0.25) is 9.59 Å². The first-order chi connectivity index (χ1) is 13.2. The third-order valence-corrected chi connectivity index (χ3v) is 5.29. The molecule has 0 aliphatic heterocycles. The molecule has 7 nitrogen and oxygen atoms in total. The molecule has 0 aliphatic carbocycles. The largest absolute Gasteiger partial charge is 0.348 e. The van der Waals surface area contributed by atoms with Crippen molar-refractivity contribution in [1.82, 2.24) is 24.8 Å². The molecule has 148 valence electrons. The van der Waals surface area contributed by atoms with Gasteiger partial charge in [-0.2, -0.15) is 0 Å². The van der Waals surface area contributed by atoms with Gasteiger partial charge in [0.25, 0.3) is 11.5 Å². The second-order valence-electron chi connectivity index (χ2n) is 7.37. The zero-order chi connectivity index (χ0) is 20.6. The molecule has 3 aromatic heterocycles. The van der Waals surface area contributed by atoms with E-state index < -0.39 is 0 Å². The van der Waals surface area contributed by atoms with Gasteiger partial charge in [0.2, 0.25) is 0 Å². The molecule has 1 amide bonds. The van der Waals surface area contributed by atoms with Crippen LogP contribution >= 0.6 is 0 Å². The van der Waals surface area contributed by atoms with E-state index in [1.807, 2.05) is 33.8 Å². The fourth-order valence-electron chi connectivity index (χ4n) is 3.66. The minimum atomic E-state index is -0.226. The molecule has 0 aliphatic rings. The molecular formula is C21H27N5O2. The number of nitrogens with one attached hydrogen (secondary N) is 2. The van der Waals surface area contributed by atoms with Crippen LogP contribution < -0.4 is 10.9 Å². The summed E-state index contributed by atoms with van der Waals surface area (Å²) < 4.78 is 2.10. The first-order valence-corrected chi connectivity index (χ1v) is 9.56. The second-order valence-corrected chi connectivity index (χ2v) is 7.37. The zero-order valence-corrected chi connectivity index (χ0v) is 17.3. The maximum Gasteiger partial charge on any atom is 0.254 e. The molecule has 3 heterocycles. The fourth-order valence-corrected chi connectivity index (χ4v) is 3.66. The molecule has 0 radical (unpaired) electrons. The maximum atomic E-state index is 13.1. The lowest BCUT2D eigenvalue weighted by Gasteiger charge is -2.15. The van der Waals surface area contributed by atoms with Gasteiger partial charge in [-0.05, 0) is 52.7 Å². The number of aromatic nitrogens is 4. The molecular weight excluding hydrogens is 354 g/mol. The van der Waals surface area contributed by atoms with Crippen LogP contribution in [0.4, 0.5) is 0 Å². The number of amides is 1. The average Bonchev–Trinajstić information content (AvgIpc) is 2.91. The van der Waals surface area contributed by atoms with Crippen molar-refractivity contribution in [3.05, 3.63) is 56.5 Å². The van der Waals surface area contributed by atoms with Crippen LogP contribution in [-0.4, -0.2) is 25.4 Å². The highest BCUT2D eigenvalue weighted by molar-refractivity contribution is 6.07. The Kier molecular flexibility index (Phi) is 5.36. The predicted octanol–water partition coefficient (Wildman–Crippen LogP) is 3.25.